The van der Waals surface area contributed by atoms with Gasteiger partial charge in [-0.15, -0.1) is 0 Å². The van der Waals surface area contributed by atoms with Crippen molar-refractivity contribution in [3.8, 4) is 0 Å². The van der Waals surface area contributed by atoms with Gasteiger partial charge in [-0.1, -0.05) is 23.9 Å². The summed E-state index contributed by atoms with van der Waals surface area (Å²) < 4.78 is 29.9. The summed E-state index contributed by atoms with van der Waals surface area (Å²) in [6.07, 6.45) is 3.62. The number of sulfonamides is 1. The monoisotopic (exact) mass is 423 g/mol. The zero-order valence-corrected chi connectivity index (χ0v) is 15.9. The van der Waals surface area contributed by atoms with Crippen molar-refractivity contribution < 1.29 is 8.42 Å². The Labute approximate surface area is 153 Å². The summed E-state index contributed by atoms with van der Waals surface area (Å²) >= 11 is 4.78. The third-order valence-corrected chi connectivity index (χ3v) is 6.70. The number of rotatable bonds is 5. The fourth-order valence-electron chi connectivity index (χ4n) is 2.02. The van der Waals surface area contributed by atoms with Gasteiger partial charge in [0.1, 0.15) is 4.90 Å². The van der Waals surface area contributed by atoms with Gasteiger partial charge in [-0.3, -0.25) is 4.72 Å². The summed E-state index contributed by atoms with van der Waals surface area (Å²) in [5.41, 5.74) is 0.509. The predicted molar refractivity (Wildman–Crippen MR) is 98.7 cm³/mol. The second kappa shape index (κ2) is 7.00. The number of hydrogen-bond acceptors (Lipinski definition) is 4. The summed E-state index contributed by atoms with van der Waals surface area (Å²) in [6.45, 7) is 0. The molecule has 0 aliphatic carbocycles. The lowest BCUT2D eigenvalue weighted by Gasteiger charge is -2.10. The molecular weight excluding hydrogens is 410 g/mol. The highest BCUT2D eigenvalue weighted by Crippen LogP contribution is 2.28. The quantitative estimate of drug-likeness (QED) is 0.669. The van der Waals surface area contributed by atoms with E-state index in [2.05, 4.69) is 25.6 Å². The van der Waals surface area contributed by atoms with E-state index < -0.39 is 10.0 Å². The van der Waals surface area contributed by atoms with Crippen molar-refractivity contribution in [3.05, 3.63) is 65.4 Å². The van der Waals surface area contributed by atoms with Crippen molar-refractivity contribution in [1.82, 2.24) is 9.55 Å². The van der Waals surface area contributed by atoms with Crippen LogP contribution in [0.2, 0.25) is 0 Å². The largest absolute Gasteiger partial charge is 0.329 e. The molecule has 24 heavy (non-hydrogen) atoms. The number of benzene rings is 2. The van der Waals surface area contributed by atoms with E-state index in [0.717, 1.165) is 10.1 Å². The van der Waals surface area contributed by atoms with Gasteiger partial charge in [0.05, 0.1) is 0 Å². The average molecular weight is 424 g/mol. The molecule has 3 aromatic rings. The molecule has 0 radical (unpaired) electrons. The van der Waals surface area contributed by atoms with Crippen molar-refractivity contribution in [2.24, 2.45) is 7.05 Å². The topological polar surface area (TPSA) is 64.0 Å². The van der Waals surface area contributed by atoms with E-state index in [1.807, 2.05) is 29.9 Å². The van der Waals surface area contributed by atoms with Crippen LogP contribution in [-0.4, -0.2) is 18.0 Å². The fraction of sp³-hybridized carbons (Fsp3) is 0.0625. The second-order valence-corrected chi connectivity index (χ2v) is 8.53. The molecule has 0 unspecified atom stereocenters. The molecule has 2 aromatic carbocycles. The molecule has 1 N–H and O–H groups in total. The molecule has 0 aliphatic rings. The highest BCUT2D eigenvalue weighted by molar-refractivity contribution is 9.10. The number of hydrogen-bond donors (Lipinski definition) is 1. The molecule has 8 heteroatoms. The third-order valence-electron chi connectivity index (χ3n) is 3.22. The normalized spacial score (nSPS) is 11.4. The minimum Gasteiger partial charge on any atom is -0.329 e. The summed E-state index contributed by atoms with van der Waals surface area (Å²) in [5, 5.41) is 0.872. The predicted octanol–water partition coefficient (Wildman–Crippen LogP) is 4.13. The summed E-state index contributed by atoms with van der Waals surface area (Å²) in [7, 11) is -1.71. The van der Waals surface area contributed by atoms with Crippen LogP contribution in [0.5, 0.6) is 0 Å². The van der Waals surface area contributed by atoms with E-state index in [4.69, 9.17) is 0 Å². The molecular formula is C16H14BrN3O2S2. The maximum atomic E-state index is 12.4. The maximum Gasteiger partial charge on any atom is 0.263 e. The molecule has 0 amide bonds. The van der Waals surface area contributed by atoms with Gasteiger partial charge in [-0.25, -0.2) is 13.4 Å². The molecule has 1 aromatic heterocycles. The fourth-order valence-corrected chi connectivity index (χ4v) is 4.88. The SMILES string of the molecule is Cn1ccnc1Sc1ccc(NS(=O)(=O)c2ccccc2Br)cc1. The highest BCUT2D eigenvalue weighted by Gasteiger charge is 2.17. The number of nitrogens with zero attached hydrogens (tertiary/aromatic N) is 2. The van der Waals surface area contributed by atoms with Crippen LogP contribution in [0.4, 0.5) is 5.69 Å². The van der Waals surface area contributed by atoms with Crippen LogP contribution in [0.15, 0.2) is 80.3 Å². The number of halogens is 1. The van der Waals surface area contributed by atoms with Gasteiger partial charge in [0, 0.05) is 34.5 Å². The van der Waals surface area contributed by atoms with Gasteiger partial charge in [0.2, 0.25) is 0 Å². The zero-order valence-electron chi connectivity index (χ0n) is 12.7. The first-order chi connectivity index (χ1) is 11.5. The molecule has 0 bridgehead atoms. The Hall–Kier alpha value is -1.77. The lowest BCUT2D eigenvalue weighted by molar-refractivity contribution is 0.601. The van der Waals surface area contributed by atoms with Crippen LogP contribution in [-0.2, 0) is 17.1 Å². The molecule has 1 heterocycles. The van der Waals surface area contributed by atoms with Crippen LogP contribution in [0.3, 0.4) is 0 Å². The van der Waals surface area contributed by atoms with E-state index in [1.54, 1.807) is 42.6 Å². The van der Waals surface area contributed by atoms with E-state index in [1.165, 1.54) is 11.8 Å². The van der Waals surface area contributed by atoms with Gasteiger partial charge in [-0.05, 0) is 52.3 Å². The first-order valence-electron chi connectivity index (χ1n) is 6.98. The van der Waals surface area contributed by atoms with E-state index >= 15 is 0 Å². The van der Waals surface area contributed by atoms with Crippen LogP contribution in [0.25, 0.3) is 0 Å². The molecule has 0 atom stereocenters. The number of imidazole rings is 1. The standard InChI is InChI=1S/C16H14BrN3O2S2/c1-20-11-10-18-16(20)23-13-8-6-12(7-9-13)19-24(21,22)15-5-3-2-4-14(15)17/h2-11,19H,1H3. The van der Waals surface area contributed by atoms with Crippen LogP contribution in [0, 0.1) is 0 Å². The van der Waals surface area contributed by atoms with E-state index in [9.17, 15) is 8.42 Å². The first kappa shape index (κ1) is 17.1. The smallest absolute Gasteiger partial charge is 0.263 e. The molecule has 5 nitrogen and oxygen atoms in total. The van der Waals surface area contributed by atoms with Crippen LogP contribution < -0.4 is 4.72 Å². The van der Waals surface area contributed by atoms with Gasteiger partial charge in [0.25, 0.3) is 10.0 Å². The summed E-state index contributed by atoms with van der Waals surface area (Å²) in [5.74, 6) is 0. The minimum absolute atomic E-state index is 0.205. The highest BCUT2D eigenvalue weighted by atomic mass is 79.9. The molecule has 0 fully saturated rings. The Kier molecular flexibility index (Phi) is 4.98. The van der Waals surface area contributed by atoms with E-state index in [-0.39, 0.29) is 4.90 Å². The van der Waals surface area contributed by atoms with Gasteiger partial charge >= 0.3 is 0 Å². The van der Waals surface area contributed by atoms with Crippen molar-refractivity contribution in [3.63, 3.8) is 0 Å². The van der Waals surface area contributed by atoms with Gasteiger partial charge in [0.15, 0.2) is 5.16 Å². The molecule has 0 saturated heterocycles. The van der Waals surface area contributed by atoms with Gasteiger partial charge < -0.3 is 4.57 Å². The maximum absolute atomic E-state index is 12.4. The molecule has 0 spiro atoms. The minimum atomic E-state index is -3.63. The van der Waals surface area contributed by atoms with Crippen molar-refractivity contribution in [1.29, 1.82) is 0 Å². The number of aromatic nitrogens is 2. The Morgan fingerprint density at radius 1 is 1.12 bits per heavy atom. The Balaban J connectivity index is 1.77. The van der Waals surface area contributed by atoms with Crippen molar-refractivity contribution in [2.45, 2.75) is 14.9 Å². The summed E-state index contributed by atoms with van der Waals surface area (Å²) in [4.78, 5) is 5.44. The number of nitrogens with one attached hydrogen (secondary N) is 1. The zero-order chi connectivity index (χ0) is 17.2. The Morgan fingerprint density at radius 2 is 1.83 bits per heavy atom. The molecule has 124 valence electrons. The lowest BCUT2D eigenvalue weighted by Crippen LogP contribution is -2.13. The Bertz CT molecular complexity index is 953. The average Bonchev–Trinajstić information content (AvgIpc) is 2.94. The number of anilines is 1. The van der Waals surface area contributed by atoms with E-state index in [0.29, 0.717) is 10.2 Å². The first-order valence-corrected chi connectivity index (χ1v) is 10.1. The van der Waals surface area contributed by atoms with Crippen LogP contribution >= 0.6 is 27.7 Å². The molecule has 3 rings (SSSR count). The Morgan fingerprint density at radius 3 is 2.46 bits per heavy atom. The lowest BCUT2D eigenvalue weighted by atomic mass is 10.3. The third kappa shape index (κ3) is 3.82. The molecule has 0 saturated carbocycles. The second-order valence-electron chi connectivity index (χ2n) is 4.98. The summed E-state index contributed by atoms with van der Waals surface area (Å²) in [6, 6.07) is 13.9. The van der Waals surface area contributed by atoms with Gasteiger partial charge in [-0.2, -0.15) is 0 Å². The van der Waals surface area contributed by atoms with Crippen molar-refractivity contribution >= 4 is 43.4 Å². The number of aryl methyl sites for hydroxylation is 1. The van der Waals surface area contributed by atoms with Crippen LogP contribution in [0.1, 0.15) is 0 Å². The van der Waals surface area contributed by atoms with Crippen molar-refractivity contribution in [2.75, 3.05) is 4.72 Å². The molecule has 0 aliphatic heterocycles.